The highest BCUT2D eigenvalue weighted by Crippen LogP contribution is 2.33. The summed E-state index contributed by atoms with van der Waals surface area (Å²) in [6, 6.07) is 12.7. The zero-order valence-corrected chi connectivity index (χ0v) is 15.3. The smallest absolute Gasteiger partial charge is 0.120 e. The average molecular weight is 350 g/mol. The van der Waals surface area contributed by atoms with Crippen molar-refractivity contribution in [1.29, 1.82) is 5.26 Å². The van der Waals surface area contributed by atoms with Gasteiger partial charge in [-0.1, -0.05) is 12.1 Å². The number of hydrogen-bond donors (Lipinski definition) is 0. The largest absolute Gasteiger partial charge is 0.339 e. The molecule has 1 fully saturated rings. The fourth-order valence-electron chi connectivity index (χ4n) is 3.73. The van der Waals surface area contributed by atoms with E-state index in [-0.39, 0.29) is 0 Å². The molecule has 0 N–H and O–H groups in total. The molecule has 0 spiro atoms. The molecule has 3 aromatic rings. The van der Waals surface area contributed by atoms with Gasteiger partial charge in [0, 0.05) is 31.7 Å². The van der Waals surface area contributed by atoms with Crippen LogP contribution in [0.1, 0.15) is 41.9 Å². The van der Waals surface area contributed by atoms with Crippen molar-refractivity contribution in [3.05, 3.63) is 52.8 Å². The molecule has 2 aromatic heterocycles. The van der Waals surface area contributed by atoms with Gasteiger partial charge in [-0.25, -0.2) is 4.98 Å². The zero-order chi connectivity index (χ0) is 17.2. The minimum atomic E-state index is 0.523. The molecule has 0 amide bonds. The average Bonchev–Trinajstić information content (AvgIpc) is 3.25. The third-order valence-electron chi connectivity index (χ3n) is 4.98. The fraction of sp³-hybridized carbons (Fsp3) is 0.400. The van der Waals surface area contributed by atoms with Crippen molar-refractivity contribution in [3.63, 3.8) is 0 Å². The number of nitriles is 1. The van der Waals surface area contributed by atoms with Crippen molar-refractivity contribution in [1.82, 2.24) is 14.5 Å². The van der Waals surface area contributed by atoms with Gasteiger partial charge in [0.2, 0.25) is 0 Å². The van der Waals surface area contributed by atoms with Gasteiger partial charge >= 0.3 is 0 Å². The van der Waals surface area contributed by atoms with Gasteiger partial charge in [0.15, 0.2) is 0 Å². The van der Waals surface area contributed by atoms with Gasteiger partial charge in [-0.15, -0.1) is 11.3 Å². The van der Waals surface area contributed by atoms with Crippen molar-refractivity contribution in [2.75, 3.05) is 13.1 Å². The standard InChI is InChI=1S/C20H22N4S/c1-2-24-13-15(10-17(24)11-21)12-23-9-5-6-16(14-23)20-22-18-7-3-4-8-19(18)25-20/h3-4,7-8,10,13,16H,2,5-6,9,12,14H2,1H3. The highest BCUT2D eigenvalue weighted by atomic mass is 32.1. The number of hydrogen-bond acceptors (Lipinski definition) is 4. The number of para-hydroxylation sites is 1. The Kier molecular flexibility index (Phi) is 4.56. The molecular formula is C20H22N4S. The Morgan fingerprint density at radius 1 is 1.36 bits per heavy atom. The summed E-state index contributed by atoms with van der Waals surface area (Å²) in [5, 5.41) is 10.5. The van der Waals surface area contributed by atoms with Crippen LogP contribution in [0.15, 0.2) is 36.5 Å². The van der Waals surface area contributed by atoms with E-state index in [9.17, 15) is 5.26 Å². The Bertz CT molecular complexity index is 884. The molecule has 1 atom stereocenters. The summed E-state index contributed by atoms with van der Waals surface area (Å²) in [6.45, 7) is 6.02. The van der Waals surface area contributed by atoms with Crippen LogP contribution in [0.5, 0.6) is 0 Å². The lowest BCUT2D eigenvalue weighted by Crippen LogP contribution is -2.33. The van der Waals surface area contributed by atoms with Crippen molar-refractivity contribution in [3.8, 4) is 6.07 Å². The van der Waals surface area contributed by atoms with Gasteiger partial charge in [0.25, 0.3) is 0 Å². The first-order valence-corrected chi connectivity index (χ1v) is 9.75. The second kappa shape index (κ2) is 6.99. The van der Waals surface area contributed by atoms with Gasteiger partial charge in [-0.05, 0) is 50.1 Å². The fourth-order valence-corrected chi connectivity index (χ4v) is 4.83. The van der Waals surface area contributed by atoms with E-state index in [1.807, 2.05) is 22.0 Å². The Morgan fingerprint density at radius 3 is 3.00 bits per heavy atom. The highest BCUT2D eigenvalue weighted by Gasteiger charge is 2.24. The number of fused-ring (bicyclic) bond motifs is 1. The van der Waals surface area contributed by atoms with E-state index in [0.717, 1.165) is 37.4 Å². The van der Waals surface area contributed by atoms with Gasteiger partial charge in [0.1, 0.15) is 11.8 Å². The molecule has 4 rings (SSSR count). The van der Waals surface area contributed by atoms with Crippen LogP contribution >= 0.6 is 11.3 Å². The summed E-state index contributed by atoms with van der Waals surface area (Å²) < 4.78 is 3.32. The van der Waals surface area contributed by atoms with Crippen LogP contribution in [-0.2, 0) is 13.1 Å². The van der Waals surface area contributed by atoms with Crippen molar-refractivity contribution in [2.45, 2.75) is 38.8 Å². The number of benzene rings is 1. The lowest BCUT2D eigenvalue weighted by molar-refractivity contribution is 0.200. The first-order chi connectivity index (χ1) is 12.3. The predicted molar refractivity (Wildman–Crippen MR) is 102 cm³/mol. The van der Waals surface area contributed by atoms with Crippen LogP contribution in [0.3, 0.4) is 0 Å². The molecule has 0 aliphatic carbocycles. The molecule has 3 heterocycles. The molecule has 1 saturated heterocycles. The second-order valence-electron chi connectivity index (χ2n) is 6.73. The topological polar surface area (TPSA) is 44.9 Å². The molecule has 0 bridgehead atoms. The van der Waals surface area contributed by atoms with Crippen molar-refractivity contribution in [2.24, 2.45) is 0 Å². The molecule has 1 aliphatic rings. The van der Waals surface area contributed by atoms with Crippen LogP contribution in [0, 0.1) is 11.3 Å². The third kappa shape index (κ3) is 3.33. The molecule has 5 heteroatoms. The van der Waals surface area contributed by atoms with Crippen molar-refractivity contribution < 1.29 is 0 Å². The molecule has 1 unspecified atom stereocenters. The highest BCUT2D eigenvalue weighted by molar-refractivity contribution is 7.18. The van der Waals surface area contributed by atoms with Crippen molar-refractivity contribution >= 4 is 21.6 Å². The van der Waals surface area contributed by atoms with E-state index in [0.29, 0.717) is 5.92 Å². The monoisotopic (exact) mass is 350 g/mol. The number of thiazole rings is 1. The maximum atomic E-state index is 9.24. The minimum absolute atomic E-state index is 0.523. The number of rotatable bonds is 4. The summed E-state index contributed by atoms with van der Waals surface area (Å²) >= 11 is 1.84. The van der Waals surface area contributed by atoms with Gasteiger partial charge in [-0.2, -0.15) is 5.26 Å². The summed E-state index contributed by atoms with van der Waals surface area (Å²) in [6.07, 6.45) is 4.55. The molecule has 25 heavy (non-hydrogen) atoms. The number of aryl methyl sites for hydroxylation is 1. The van der Waals surface area contributed by atoms with Crippen LogP contribution in [0.4, 0.5) is 0 Å². The summed E-state index contributed by atoms with van der Waals surface area (Å²) in [7, 11) is 0. The van der Waals surface area contributed by atoms with Crippen LogP contribution in [-0.4, -0.2) is 27.5 Å². The Labute approximate surface area is 152 Å². The van der Waals surface area contributed by atoms with E-state index < -0.39 is 0 Å². The molecule has 128 valence electrons. The normalized spacial score (nSPS) is 18.5. The van der Waals surface area contributed by atoms with E-state index in [1.54, 1.807) is 0 Å². The first kappa shape index (κ1) is 16.3. The maximum Gasteiger partial charge on any atom is 0.120 e. The van der Waals surface area contributed by atoms with Gasteiger partial charge in [0.05, 0.1) is 15.2 Å². The molecule has 1 aliphatic heterocycles. The molecule has 4 nitrogen and oxygen atoms in total. The Morgan fingerprint density at radius 2 is 2.24 bits per heavy atom. The number of aromatic nitrogens is 2. The number of piperidine rings is 1. The van der Waals surface area contributed by atoms with Gasteiger partial charge in [-0.3, -0.25) is 4.90 Å². The van der Waals surface area contributed by atoms with E-state index in [4.69, 9.17) is 4.98 Å². The summed E-state index contributed by atoms with van der Waals surface area (Å²) in [5.41, 5.74) is 3.12. The lowest BCUT2D eigenvalue weighted by atomic mass is 9.98. The summed E-state index contributed by atoms with van der Waals surface area (Å²) in [4.78, 5) is 7.38. The molecule has 0 radical (unpaired) electrons. The molecule has 1 aromatic carbocycles. The minimum Gasteiger partial charge on any atom is -0.339 e. The Hall–Kier alpha value is -2.16. The van der Waals surface area contributed by atoms with E-state index in [1.165, 1.54) is 28.1 Å². The van der Waals surface area contributed by atoms with Crippen LogP contribution in [0.25, 0.3) is 10.2 Å². The lowest BCUT2D eigenvalue weighted by Gasteiger charge is -2.31. The number of likely N-dealkylation sites (tertiary alicyclic amines) is 1. The van der Waals surface area contributed by atoms with Crippen LogP contribution < -0.4 is 0 Å². The van der Waals surface area contributed by atoms with Gasteiger partial charge < -0.3 is 4.57 Å². The second-order valence-corrected chi connectivity index (χ2v) is 7.79. The maximum absolute atomic E-state index is 9.24. The van der Waals surface area contributed by atoms with E-state index in [2.05, 4.69) is 48.4 Å². The quantitative estimate of drug-likeness (QED) is 0.702. The third-order valence-corrected chi connectivity index (χ3v) is 6.18. The molecule has 0 saturated carbocycles. The predicted octanol–water partition coefficient (Wildman–Crippen LogP) is 4.37. The number of nitrogens with zero attached hydrogens (tertiary/aromatic N) is 4. The first-order valence-electron chi connectivity index (χ1n) is 8.93. The zero-order valence-electron chi connectivity index (χ0n) is 14.5. The Balaban J connectivity index is 1.49. The SMILES string of the molecule is CCn1cc(CN2CCCC(c3nc4ccccc4s3)C2)cc1C#N. The van der Waals surface area contributed by atoms with E-state index >= 15 is 0 Å². The van der Waals surface area contributed by atoms with Crippen LogP contribution in [0.2, 0.25) is 0 Å². The summed E-state index contributed by atoms with van der Waals surface area (Å²) in [5.74, 6) is 0.523. The molecular weight excluding hydrogens is 328 g/mol.